The van der Waals surface area contributed by atoms with E-state index in [1.165, 1.54) is 18.7 Å². The van der Waals surface area contributed by atoms with Gasteiger partial charge in [0, 0.05) is 29.8 Å². The molecule has 1 N–H and O–H groups in total. The number of hydrogen-bond donors (Lipinski definition) is 1. The fourth-order valence-corrected chi connectivity index (χ4v) is 2.69. The summed E-state index contributed by atoms with van der Waals surface area (Å²) in [5, 5.41) is 10.2. The summed E-state index contributed by atoms with van der Waals surface area (Å²) in [6, 6.07) is 10.5. The fraction of sp³-hybridized carbons (Fsp3) is 0.118. The van der Waals surface area contributed by atoms with Gasteiger partial charge in [-0.3, -0.25) is 9.36 Å². The average Bonchev–Trinajstić information content (AvgIpc) is 2.57. The van der Waals surface area contributed by atoms with Crippen molar-refractivity contribution >= 4 is 17.0 Å². The lowest BCUT2D eigenvalue weighted by Crippen LogP contribution is -2.26. The molecule has 0 unspecified atom stereocenters. The van der Waals surface area contributed by atoms with Crippen LogP contribution in [0.1, 0.15) is 10.4 Å². The molecule has 2 heterocycles. The van der Waals surface area contributed by atoms with Crippen molar-refractivity contribution in [2.24, 2.45) is 7.05 Å². The molecule has 3 rings (SSSR count). The molecule has 0 aliphatic heterocycles. The minimum absolute atomic E-state index is 0.294. The highest BCUT2D eigenvalue weighted by Gasteiger charge is 2.24. The molecule has 23 heavy (non-hydrogen) atoms. The van der Waals surface area contributed by atoms with Crippen LogP contribution in [0.15, 0.2) is 47.4 Å². The van der Waals surface area contributed by atoms with E-state index < -0.39 is 11.5 Å². The summed E-state index contributed by atoms with van der Waals surface area (Å²) in [5.41, 5.74) is 0.384. The molecular formula is C17H14N2O4. The number of aromatic nitrogens is 2. The van der Waals surface area contributed by atoms with Crippen molar-refractivity contribution in [2.75, 3.05) is 7.11 Å². The summed E-state index contributed by atoms with van der Waals surface area (Å²) in [6.45, 7) is 0. The topological polar surface area (TPSA) is 81.4 Å². The zero-order valence-corrected chi connectivity index (χ0v) is 12.6. The molecule has 0 aliphatic carbocycles. The van der Waals surface area contributed by atoms with Gasteiger partial charge in [-0.1, -0.05) is 18.2 Å². The number of pyridine rings is 2. The number of fused-ring (bicyclic) bond motifs is 1. The molecule has 3 aromatic rings. The number of carboxylic acids is 1. The van der Waals surface area contributed by atoms with Crippen LogP contribution in [0.2, 0.25) is 0 Å². The summed E-state index contributed by atoms with van der Waals surface area (Å²) in [5.74, 6) is -0.786. The van der Waals surface area contributed by atoms with Crippen LogP contribution >= 0.6 is 0 Å². The van der Waals surface area contributed by atoms with Crippen LogP contribution in [-0.2, 0) is 7.05 Å². The Morgan fingerprint density at radius 1 is 1.22 bits per heavy atom. The van der Waals surface area contributed by atoms with Crippen LogP contribution in [0.5, 0.6) is 5.75 Å². The maximum Gasteiger partial charge on any atom is 0.342 e. The van der Waals surface area contributed by atoms with Crippen molar-refractivity contribution in [2.45, 2.75) is 0 Å². The van der Waals surface area contributed by atoms with Gasteiger partial charge in [-0.25, -0.2) is 9.78 Å². The zero-order chi connectivity index (χ0) is 16.6. The molecule has 0 bridgehead atoms. The molecule has 0 spiro atoms. The Balaban J connectivity index is 2.58. The minimum Gasteiger partial charge on any atom is -0.496 e. The third-order valence-electron chi connectivity index (χ3n) is 3.73. The predicted octanol–water partition coefficient (Wildman–Crippen LogP) is 2.31. The number of para-hydroxylation sites is 1. The van der Waals surface area contributed by atoms with Gasteiger partial charge < -0.3 is 9.84 Å². The fourth-order valence-electron chi connectivity index (χ4n) is 2.69. The van der Waals surface area contributed by atoms with Gasteiger partial charge in [-0.05, 0) is 18.2 Å². The number of aromatic carboxylic acids is 1. The molecule has 2 aromatic heterocycles. The Kier molecular flexibility index (Phi) is 3.57. The molecule has 6 nitrogen and oxygen atoms in total. The number of aryl methyl sites for hydroxylation is 1. The van der Waals surface area contributed by atoms with E-state index in [0.29, 0.717) is 27.9 Å². The first-order chi connectivity index (χ1) is 11.1. The number of carboxylic acid groups (broad SMARTS) is 1. The van der Waals surface area contributed by atoms with E-state index in [9.17, 15) is 14.7 Å². The summed E-state index contributed by atoms with van der Waals surface area (Å²) < 4.78 is 6.58. The number of methoxy groups -OCH3 is 1. The minimum atomic E-state index is -1.28. The third-order valence-corrected chi connectivity index (χ3v) is 3.73. The Morgan fingerprint density at radius 3 is 2.65 bits per heavy atom. The molecule has 0 fully saturated rings. The number of carbonyl (C=O) groups is 1. The zero-order valence-electron chi connectivity index (χ0n) is 12.6. The van der Waals surface area contributed by atoms with Crippen molar-refractivity contribution in [3.05, 3.63) is 58.5 Å². The Morgan fingerprint density at radius 2 is 1.96 bits per heavy atom. The lowest BCUT2D eigenvalue weighted by molar-refractivity contribution is 0.0695. The molecule has 0 saturated heterocycles. The molecule has 0 saturated carbocycles. The average molecular weight is 310 g/mol. The third kappa shape index (κ3) is 2.24. The first-order valence-corrected chi connectivity index (χ1v) is 6.90. The molecule has 0 amide bonds. The van der Waals surface area contributed by atoms with Gasteiger partial charge in [0.15, 0.2) is 0 Å². The smallest absolute Gasteiger partial charge is 0.342 e. The molecule has 0 aliphatic rings. The van der Waals surface area contributed by atoms with E-state index in [-0.39, 0.29) is 5.56 Å². The van der Waals surface area contributed by atoms with E-state index >= 15 is 0 Å². The van der Waals surface area contributed by atoms with E-state index in [1.54, 1.807) is 42.6 Å². The van der Waals surface area contributed by atoms with E-state index in [4.69, 9.17) is 4.74 Å². The summed E-state index contributed by atoms with van der Waals surface area (Å²) >= 11 is 0. The van der Waals surface area contributed by atoms with E-state index in [2.05, 4.69) is 4.98 Å². The van der Waals surface area contributed by atoms with Crippen molar-refractivity contribution in [3.63, 3.8) is 0 Å². The second-order valence-electron chi connectivity index (χ2n) is 4.99. The summed E-state index contributed by atoms with van der Waals surface area (Å²) in [4.78, 5) is 28.5. The highest BCUT2D eigenvalue weighted by atomic mass is 16.5. The standard InChI is InChI=1S/C17H14N2O4/c1-19-15-11(7-5-9-18-15)13(14(16(19)20)17(21)22)10-6-3-4-8-12(10)23-2/h3-9H,1-2H3,(H,21,22). The first-order valence-electron chi connectivity index (χ1n) is 6.90. The van der Waals surface area contributed by atoms with Crippen molar-refractivity contribution in [1.29, 1.82) is 0 Å². The molecule has 0 atom stereocenters. The predicted molar refractivity (Wildman–Crippen MR) is 85.9 cm³/mol. The number of benzene rings is 1. The number of rotatable bonds is 3. The first kappa shape index (κ1) is 14.8. The molecule has 116 valence electrons. The number of hydrogen-bond acceptors (Lipinski definition) is 4. The summed E-state index contributed by atoms with van der Waals surface area (Å²) in [6.07, 6.45) is 1.56. The van der Waals surface area contributed by atoms with Crippen LogP contribution in [0.3, 0.4) is 0 Å². The van der Waals surface area contributed by atoms with Gasteiger partial charge in [-0.15, -0.1) is 0 Å². The van der Waals surface area contributed by atoms with Crippen LogP contribution < -0.4 is 10.3 Å². The molecular weight excluding hydrogens is 296 g/mol. The van der Waals surface area contributed by atoms with E-state index in [1.807, 2.05) is 0 Å². The van der Waals surface area contributed by atoms with Crippen LogP contribution in [-0.4, -0.2) is 27.7 Å². The second-order valence-corrected chi connectivity index (χ2v) is 4.99. The van der Waals surface area contributed by atoms with Crippen LogP contribution in [0.25, 0.3) is 22.2 Å². The maximum absolute atomic E-state index is 12.5. The molecule has 0 radical (unpaired) electrons. The van der Waals surface area contributed by atoms with Crippen LogP contribution in [0.4, 0.5) is 0 Å². The van der Waals surface area contributed by atoms with Gasteiger partial charge in [0.05, 0.1) is 7.11 Å². The largest absolute Gasteiger partial charge is 0.496 e. The molecule has 6 heteroatoms. The highest BCUT2D eigenvalue weighted by Crippen LogP contribution is 2.35. The van der Waals surface area contributed by atoms with Crippen molar-refractivity contribution in [1.82, 2.24) is 9.55 Å². The quantitative estimate of drug-likeness (QED) is 0.803. The van der Waals surface area contributed by atoms with Gasteiger partial charge in [0.2, 0.25) is 0 Å². The van der Waals surface area contributed by atoms with Crippen LogP contribution in [0, 0.1) is 0 Å². The van der Waals surface area contributed by atoms with Gasteiger partial charge >= 0.3 is 5.97 Å². The van der Waals surface area contributed by atoms with Gasteiger partial charge in [0.1, 0.15) is 17.0 Å². The maximum atomic E-state index is 12.5. The van der Waals surface area contributed by atoms with Gasteiger partial charge in [0.25, 0.3) is 5.56 Å². The Bertz CT molecular complexity index is 976. The second kappa shape index (κ2) is 5.57. The highest BCUT2D eigenvalue weighted by molar-refractivity contribution is 6.06. The van der Waals surface area contributed by atoms with Crippen molar-refractivity contribution in [3.8, 4) is 16.9 Å². The SMILES string of the molecule is COc1ccccc1-c1c(C(=O)O)c(=O)n(C)c2ncccc12. The molecule has 1 aromatic carbocycles. The number of nitrogens with zero attached hydrogens (tertiary/aromatic N) is 2. The normalized spacial score (nSPS) is 10.7. The van der Waals surface area contributed by atoms with E-state index in [0.717, 1.165) is 0 Å². The Hall–Kier alpha value is -3.15. The number of ether oxygens (including phenoxy) is 1. The Labute approximate surface area is 131 Å². The lowest BCUT2D eigenvalue weighted by Gasteiger charge is -2.15. The monoisotopic (exact) mass is 310 g/mol. The summed E-state index contributed by atoms with van der Waals surface area (Å²) in [7, 11) is 3.01. The van der Waals surface area contributed by atoms with Crippen molar-refractivity contribution < 1.29 is 14.6 Å². The lowest BCUT2D eigenvalue weighted by atomic mass is 9.96. The van der Waals surface area contributed by atoms with Gasteiger partial charge in [-0.2, -0.15) is 0 Å².